The minimum atomic E-state index is -0.363. The van der Waals surface area contributed by atoms with Crippen LogP contribution in [-0.4, -0.2) is 29.2 Å². The third-order valence-corrected chi connectivity index (χ3v) is 2.77. The first-order valence-electron chi connectivity index (χ1n) is 5.86. The molecule has 0 aliphatic heterocycles. The van der Waals surface area contributed by atoms with Crippen LogP contribution in [0.2, 0.25) is 0 Å². The summed E-state index contributed by atoms with van der Waals surface area (Å²) in [5.41, 5.74) is 5.56. The van der Waals surface area contributed by atoms with Gasteiger partial charge in [-0.2, -0.15) is 0 Å². The fraction of sp³-hybridized carbons (Fsp3) is 0.462. The minimum Gasteiger partial charge on any atom is -0.508 e. The Morgan fingerprint density at radius 3 is 2.61 bits per heavy atom. The zero-order valence-corrected chi connectivity index (χ0v) is 10.7. The molecule has 0 spiro atoms. The summed E-state index contributed by atoms with van der Waals surface area (Å²) in [6.45, 7) is 5.06. The SMILES string of the molecule is CC(C)(CCN)CNC(=O)c1ccc(O)cc1O. The van der Waals surface area contributed by atoms with Crippen molar-refractivity contribution < 1.29 is 15.0 Å². The van der Waals surface area contributed by atoms with Crippen LogP contribution in [0, 0.1) is 5.41 Å². The molecule has 1 amide bonds. The van der Waals surface area contributed by atoms with Crippen LogP contribution in [0.4, 0.5) is 0 Å². The molecule has 0 radical (unpaired) electrons. The molecule has 18 heavy (non-hydrogen) atoms. The summed E-state index contributed by atoms with van der Waals surface area (Å²) in [7, 11) is 0. The topological polar surface area (TPSA) is 95.6 Å². The van der Waals surface area contributed by atoms with E-state index in [9.17, 15) is 9.90 Å². The molecule has 5 N–H and O–H groups in total. The number of phenols is 2. The van der Waals surface area contributed by atoms with Crippen molar-refractivity contribution in [1.29, 1.82) is 0 Å². The van der Waals surface area contributed by atoms with E-state index in [1.54, 1.807) is 0 Å². The van der Waals surface area contributed by atoms with Crippen molar-refractivity contribution in [2.45, 2.75) is 20.3 Å². The third-order valence-electron chi connectivity index (χ3n) is 2.77. The molecule has 1 aromatic carbocycles. The molecule has 1 rings (SSSR count). The normalized spacial score (nSPS) is 11.3. The number of carbonyl (C=O) groups is 1. The van der Waals surface area contributed by atoms with Crippen LogP contribution in [-0.2, 0) is 0 Å². The Morgan fingerprint density at radius 1 is 1.39 bits per heavy atom. The van der Waals surface area contributed by atoms with E-state index in [1.807, 2.05) is 13.8 Å². The molecule has 0 saturated heterocycles. The molecule has 0 aliphatic carbocycles. The summed E-state index contributed by atoms with van der Waals surface area (Å²) in [5, 5.41) is 21.4. The highest BCUT2D eigenvalue weighted by Gasteiger charge is 2.19. The molecule has 0 atom stereocenters. The molecule has 0 aliphatic rings. The van der Waals surface area contributed by atoms with Gasteiger partial charge < -0.3 is 21.3 Å². The van der Waals surface area contributed by atoms with E-state index < -0.39 is 0 Å². The molecule has 0 heterocycles. The van der Waals surface area contributed by atoms with Crippen LogP contribution in [0.1, 0.15) is 30.6 Å². The largest absolute Gasteiger partial charge is 0.508 e. The molecule has 0 unspecified atom stereocenters. The van der Waals surface area contributed by atoms with Crippen molar-refractivity contribution in [2.75, 3.05) is 13.1 Å². The van der Waals surface area contributed by atoms with Crippen LogP contribution >= 0.6 is 0 Å². The predicted octanol–water partition coefficient (Wildman–Crippen LogP) is 1.20. The maximum Gasteiger partial charge on any atom is 0.255 e. The predicted molar refractivity (Wildman–Crippen MR) is 69.6 cm³/mol. The average Bonchev–Trinajstić information content (AvgIpc) is 2.26. The van der Waals surface area contributed by atoms with Gasteiger partial charge in [0.2, 0.25) is 0 Å². The summed E-state index contributed by atoms with van der Waals surface area (Å²) in [5.74, 6) is -0.672. The first kappa shape index (κ1) is 14.3. The van der Waals surface area contributed by atoms with Gasteiger partial charge in [-0.3, -0.25) is 4.79 Å². The Bertz CT molecular complexity index is 430. The Balaban J connectivity index is 2.66. The van der Waals surface area contributed by atoms with Crippen LogP contribution in [0.15, 0.2) is 18.2 Å². The minimum absolute atomic E-state index is 0.0764. The fourth-order valence-electron chi connectivity index (χ4n) is 1.61. The lowest BCUT2D eigenvalue weighted by Crippen LogP contribution is -2.35. The smallest absolute Gasteiger partial charge is 0.255 e. The first-order valence-corrected chi connectivity index (χ1v) is 5.86. The zero-order valence-electron chi connectivity index (χ0n) is 10.7. The van der Waals surface area contributed by atoms with Crippen molar-refractivity contribution in [3.05, 3.63) is 23.8 Å². The second-order valence-corrected chi connectivity index (χ2v) is 5.09. The number of carbonyl (C=O) groups excluding carboxylic acids is 1. The lowest BCUT2D eigenvalue weighted by molar-refractivity contribution is 0.0932. The highest BCUT2D eigenvalue weighted by atomic mass is 16.3. The highest BCUT2D eigenvalue weighted by molar-refractivity contribution is 5.97. The lowest BCUT2D eigenvalue weighted by Gasteiger charge is -2.24. The molecular weight excluding hydrogens is 232 g/mol. The number of benzene rings is 1. The monoisotopic (exact) mass is 252 g/mol. The van der Waals surface area contributed by atoms with Crippen LogP contribution < -0.4 is 11.1 Å². The van der Waals surface area contributed by atoms with Crippen molar-refractivity contribution in [1.82, 2.24) is 5.32 Å². The number of rotatable bonds is 5. The Morgan fingerprint density at radius 2 is 2.06 bits per heavy atom. The second kappa shape index (κ2) is 5.73. The molecule has 0 saturated carbocycles. The summed E-state index contributed by atoms with van der Waals surface area (Å²) >= 11 is 0. The zero-order chi connectivity index (χ0) is 13.8. The number of aromatic hydroxyl groups is 2. The fourth-order valence-corrected chi connectivity index (χ4v) is 1.61. The van der Waals surface area contributed by atoms with E-state index in [4.69, 9.17) is 10.8 Å². The van der Waals surface area contributed by atoms with Crippen molar-refractivity contribution in [2.24, 2.45) is 11.1 Å². The van der Waals surface area contributed by atoms with Gasteiger partial charge in [0, 0.05) is 12.6 Å². The number of amides is 1. The summed E-state index contributed by atoms with van der Waals surface area (Å²) in [6.07, 6.45) is 0.800. The highest BCUT2D eigenvalue weighted by Crippen LogP contribution is 2.23. The average molecular weight is 252 g/mol. The number of nitrogens with two attached hydrogens (primary N) is 1. The molecule has 5 heteroatoms. The van der Waals surface area contributed by atoms with Crippen molar-refractivity contribution >= 4 is 5.91 Å². The van der Waals surface area contributed by atoms with E-state index >= 15 is 0 Å². The van der Waals surface area contributed by atoms with Gasteiger partial charge in [-0.15, -0.1) is 0 Å². The Labute approximate surface area is 107 Å². The van der Waals surface area contributed by atoms with Gasteiger partial charge in [0.15, 0.2) is 0 Å². The summed E-state index contributed by atoms with van der Waals surface area (Å²) in [6, 6.07) is 3.88. The van der Waals surface area contributed by atoms with E-state index in [0.717, 1.165) is 12.5 Å². The Hall–Kier alpha value is -1.75. The van der Waals surface area contributed by atoms with Gasteiger partial charge in [-0.1, -0.05) is 13.8 Å². The van der Waals surface area contributed by atoms with Gasteiger partial charge in [0.05, 0.1) is 5.56 Å². The van der Waals surface area contributed by atoms with Crippen molar-refractivity contribution in [3.63, 3.8) is 0 Å². The van der Waals surface area contributed by atoms with Crippen LogP contribution in [0.25, 0.3) is 0 Å². The van der Waals surface area contributed by atoms with Gasteiger partial charge >= 0.3 is 0 Å². The third kappa shape index (κ3) is 3.92. The van der Waals surface area contributed by atoms with Gasteiger partial charge in [-0.25, -0.2) is 0 Å². The summed E-state index contributed by atoms with van der Waals surface area (Å²) in [4.78, 5) is 11.8. The molecule has 5 nitrogen and oxygen atoms in total. The van der Waals surface area contributed by atoms with E-state index in [-0.39, 0.29) is 28.4 Å². The number of phenolic OH excluding ortho intramolecular Hbond substituents is 2. The van der Waals surface area contributed by atoms with E-state index in [2.05, 4.69) is 5.32 Å². The molecular formula is C13H20N2O3. The van der Waals surface area contributed by atoms with Gasteiger partial charge in [0.1, 0.15) is 11.5 Å². The molecule has 0 aromatic heterocycles. The Kier molecular flexibility index (Phi) is 4.55. The van der Waals surface area contributed by atoms with Crippen molar-refractivity contribution in [3.8, 4) is 11.5 Å². The summed E-state index contributed by atoms with van der Waals surface area (Å²) < 4.78 is 0. The van der Waals surface area contributed by atoms with E-state index in [0.29, 0.717) is 13.1 Å². The maximum atomic E-state index is 11.8. The molecule has 1 aromatic rings. The number of nitrogens with one attached hydrogen (secondary N) is 1. The number of hydrogen-bond donors (Lipinski definition) is 4. The number of hydrogen-bond acceptors (Lipinski definition) is 4. The maximum absolute atomic E-state index is 11.8. The second-order valence-electron chi connectivity index (χ2n) is 5.09. The van der Waals surface area contributed by atoms with E-state index in [1.165, 1.54) is 12.1 Å². The lowest BCUT2D eigenvalue weighted by atomic mass is 9.89. The van der Waals surface area contributed by atoms with Crippen LogP contribution in [0.5, 0.6) is 11.5 Å². The molecule has 0 fully saturated rings. The molecule has 100 valence electrons. The van der Waals surface area contributed by atoms with Crippen LogP contribution in [0.3, 0.4) is 0 Å². The van der Waals surface area contributed by atoms with Gasteiger partial charge in [0.25, 0.3) is 5.91 Å². The first-order chi connectivity index (χ1) is 8.35. The quantitative estimate of drug-likeness (QED) is 0.633. The standard InChI is InChI=1S/C13H20N2O3/c1-13(2,5-6-14)8-15-12(18)10-4-3-9(16)7-11(10)17/h3-4,7,16-17H,5-6,8,14H2,1-2H3,(H,15,18). The molecule has 0 bridgehead atoms. The van der Waals surface area contributed by atoms with Gasteiger partial charge in [-0.05, 0) is 30.5 Å².